The van der Waals surface area contributed by atoms with Gasteiger partial charge in [0.15, 0.2) is 0 Å². The lowest BCUT2D eigenvalue weighted by Crippen LogP contribution is -2.44. The molecule has 94 valence electrons. The fraction of sp³-hybridized carbons (Fsp3) is 0.714. The first-order valence-electron chi connectivity index (χ1n) is 4.24. The third-order valence-corrected chi connectivity index (χ3v) is 1.43. The minimum Gasteiger partial charge on any atom is -0.381 e. The highest BCUT2D eigenvalue weighted by atomic mass is 19.4. The molecule has 0 aliphatic carbocycles. The van der Waals surface area contributed by atoms with Crippen LogP contribution < -0.4 is 16.4 Å². The van der Waals surface area contributed by atoms with Crippen LogP contribution >= 0.6 is 0 Å². The Balaban J connectivity index is 3.64. The number of carbonyl (C=O) groups excluding carboxylic acids is 2. The number of primary amides is 1. The number of carbonyl (C=O) groups is 2. The molecule has 0 aliphatic heterocycles. The monoisotopic (exact) mass is 243 g/mol. The van der Waals surface area contributed by atoms with Gasteiger partial charge in [-0.3, -0.25) is 9.59 Å². The first-order valence-corrected chi connectivity index (χ1v) is 4.24. The lowest BCUT2D eigenvalue weighted by molar-refractivity contribution is -0.129. The van der Waals surface area contributed by atoms with Gasteiger partial charge in [-0.05, 0) is 0 Å². The Bertz CT molecular complexity index is 257. The molecule has 0 heterocycles. The van der Waals surface area contributed by atoms with E-state index in [9.17, 15) is 22.8 Å². The second kappa shape index (κ2) is 6.28. The van der Waals surface area contributed by atoms with E-state index in [0.717, 1.165) is 0 Å². The molecule has 9 heteroatoms. The fourth-order valence-corrected chi connectivity index (χ4v) is 0.691. The van der Waals surface area contributed by atoms with E-state index >= 15 is 0 Å². The van der Waals surface area contributed by atoms with Crippen molar-refractivity contribution in [3.05, 3.63) is 0 Å². The molecule has 0 rings (SSSR count). The second-order valence-electron chi connectivity index (χ2n) is 2.94. The summed E-state index contributed by atoms with van der Waals surface area (Å²) in [5.74, 6) is -1.80. The van der Waals surface area contributed by atoms with Crippen LogP contribution in [-0.2, 0) is 9.59 Å². The van der Waals surface area contributed by atoms with Crippen LogP contribution in [0.3, 0.4) is 0 Å². The van der Waals surface area contributed by atoms with E-state index in [1.165, 1.54) is 0 Å². The standard InChI is InChI=1S/C7H12F3N3O3/c8-7(9,10)3-12-2-5(15)13-1-4(14)6(11)16/h4,12,14H,1-3H2,(H2,11,16)(H,13,15). The van der Waals surface area contributed by atoms with Gasteiger partial charge in [0, 0.05) is 0 Å². The minimum atomic E-state index is -4.40. The maximum Gasteiger partial charge on any atom is 0.401 e. The molecule has 5 N–H and O–H groups in total. The first kappa shape index (κ1) is 14.6. The molecule has 0 aromatic rings. The summed E-state index contributed by atoms with van der Waals surface area (Å²) in [6.07, 6.45) is -5.95. The summed E-state index contributed by atoms with van der Waals surface area (Å²) < 4.78 is 34.9. The van der Waals surface area contributed by atoms with Crippen LogP contribution in [0.2, 0.25) is 0 Å². The van der Waals surface area contributed by atoms with E-state index in [1.54, 1.807) is 0 Å². The molecule has 0 saturated heterocycles. The summed E-state index contributed by atoms with van der Waals surface area (Å²) in [7, 11) is 0. The van der Waals surface area contributed by atoms with E-state index in [0.29, 0.717) is 0 Å². The van der Waals surface area contributed by atoms with Gasteiger partial charge in [0.1, 0.15) is 6.10 Å². The molecule has 0 radical (unpaired) electrons. The summed E-state index contributed by atoms with van der Waals surface area (Å²) >= 11 is 0. The summed E-state index contributed by atoms with van der Waals surface area (Å²) in [5.41, 5.74) is 4.67. The predicted octanol–water partition coefficient (Wildman–Crippen LogP) is -1.90. The van der Waals surface area contributed by atoms with Gasteiger partial charge >= 0.3 is 6.18 Å². The Morgan fingerprint density at radius 1 is 1.38 bits per heavy atom. The van der Waals surface area contributed by atoms with Crippen LogP contribution in [0.4, 0.5) is 13.2 Å². The molecule has 0 aliphatic rings. The van der Waals surface area contributed by atoms with Gasteiger partial charge < -0.3 is 21.5 Å². The van der Waals surface area contributed by atoms with Gasteiger partial charge in [0.25, 0.3) is 0 Å². The molecule has 0 fully saturated rings. The van der Waals surface area contributed by atoms with Crippen molar-refractivity contribution in [3.63, 3.8) is 0 Å². The molecule has 0 spiro atoms. The van der Waals surface area contributed by atoms with Gasteiger partial charge in [-0.2, -0.15) is 13.2 Å². The van der Waals surface area contributed by atoms with Gasteiger partial charge in [-0.1, -0.05) is 0 Å². The Hall–Kier alpha value is -1.35. The van der Waals surface area contributed by atoms with Crippen LogP contribution in [0.1, 0.15) is 0 Å². The third-order valence-electron chi connectivity index (χ3n) is 1.43. The van der Waals surface area contributed by atoms with E-state index in [2.05, 4.69) is 5.73 Å². The number of alkyl halides is 3. The molecule has 0 saturated carbocycles. The molecule has 6 nitrogen and oxygen atoms in total. The largest absolute Gasteiger partial charge is 0.401 e. The zero-order chi connectivity index (χ0) is 12.8. The number of hydrogen-bond donors (Lipinski definition) is 4. The number of aliphatic hydroxyl groups excluding tert-OH is 1. The number of rotatable bonds is 6. The topological polar surface area (TPSA) is 104 Å². The molecule has 0 aromatic heterocycles. The lowest BCUT2D eigenvalue weighted by Gasteiger charge is -2.10. The van der Waals surface area contributed by atoms with Crippen LogP contribution in [-0.4, -0.2) is 48.8 Å². The predicted molar refractivity (Wildman–Crippen MR) is 47.1 cm³/mol. The van der Waals surface area contributed by atoms with Gasteiger partial charge in [0.05, 0.1) is 19.6 Å². The Kier molecular flexibility index (Phi) is 5.75. The van der Waals surface area contributed by atoms with Crippen molar-refractivity contribution in [3.8, 4) is 0 Å². The number of halogens is 3. The van der Waals surface area contributed by atoms with E-state index in [-0.39, 0.29) is 0 Å². The molecule has 1 unspecified atom stereocenters. The van der Waals surface area contributed by atoms with Crippen molar-refractivity contribution in [2.45, 2.75) is 12.3 Å². The van der Waals surface area contributed by atoms with Crippen LogP contribution in [0.5, 0.6) is 0 Å². The van der Waals surface area contributed by atoms with Crippen LogP contribution in [0.25, 0.3) is 0 Å². The van der Waals surface area contributed by atoms with Crippen molar-refractivity contribution in [2.24, 2.45) is 5.73 Å². The molecule has 1 atom stereocenters. The van der Waals surface area contributed by atoms with Crippen LogP contribution in [0, 0.1) is 0 Å². The molecule has 2 amide bonds. The van der Waals surface area contributed by atoms with Crippen LogP contribution in [0.15, 0.2) is 0 Å². The van der Waals surface area contributed by atoms with Gasteiger partial charge in [-0.15, -0.1) is 0 Å². The number of nitrogens with one attached hydrogen (secondary N) is 2. The fourth-order valence-electron chi connectivity index (χ4n) is 0.691. The average Bonchev–Trinajstić information content (AvgIpc) is 2.11. The summed E-state index contributed by atoms with van der Waals surface area (Å²) in [6.45, 7) is -2.29. The lowest BCUT2D eigenvalue weighted by atomic mass is 10.3. The summed E-state index contributed by atoms with van der Waals surface area (Å²) in [6, 6.07) is 0. The smallest absolute Gasteiger partial charge is 0.381 e. The Morgan fingerprint density at radius 3 is 2.38 bits per heavy atom. The highest BCUT2D eigenvalue weighted by Gasteiger charge is 2.26. The summed E-state index contributed by atoms with van der Waals surface area (Å²) in [5, 5.41) is 12.7. The minimum absolute atomic E-state index is 0.429. The number of amides is 2. The first-order chi connectivity index (χ1) is 7.22. The normalized spacial score (nSPS) is 13.2. The average molecular weight is 243 g/mol. The SMILES string of the molecule is NC(=O)C(O)CNC(=O)CNCC(F)(F)F. The quantitative estimate of drug-likeness (QED) is 0.437. The number of nitrogens with two attached hydrogens (primary N) is 1. The van der Waals surface area contributed by atoms with Gasteiger partial charge in [0.2, 0.25) is 11.8 Å². The maximum atomic E-state index is 11.6. The van der Waals surface area contributed by atoms with E-state index in [1.807, 2.05) is 10.6 Å². The molecule has 0 bridgehead atoms. The van der Waals surface area contributed by atoms with E-state index in [4.69, 9.17) is 5.11 Å². The number of hydrogen-bond acceptors (Lipinski definition) is 4. The highest BCUT2D eigenvalue weighted by molar-refractivity contribution is 5.81. The van der Waals surface area contributed by atoms with Gasteiger partial charge in [-0.25, -0.2) is 0 Å². The van der Waals surface area contributed by atoms with Crippen molar-refractivity contribution in [2.75, 3.05) is 19.6 Å². The summed E-state index contributed by atoms with van der Waals surface area (Å²) in [4.78, 5) is 21.2. The molecular formula is C7H12F3N3O3. The molecule has 16 heavy (non-hydrogen) atoms. The molecular weight excluding hydrogens is 231 g/mol. The Labute approximate surface area is 89.0 Å². The third kappa shape index (κ3) is 8.00. The molecule has 0 aromatic carbocycles. The second-order valence-corrected chi connectivity index (χ2v) is 2.94. The van der Waals surface area contributed by atoms with E-state index < -0.39 is 43.7 Å². The van der Waals surface area contributed by atoms with Crippen molar-refractivity contribution in [1.29, 1.82) is 0 Å². The van der Waals surface area contributed by atoms with Crippen molar-refractivity contribution >= 4 is 11.8 Å². The highest BCUT2D eigenvalue weighted by Crippen LogP contribution is 2.11. The number of aliphatic hydroxyl groups is 1. The zero-order valence-corrected chi connectivity index (χ0v) is 8.17. The van der Waals surface area contributed by atoms with Crippen molar-refractivity contribution < 1.29 is 27.9 Å². The maximum absolute atomic E-state index is 11.6. The Morgan fingerprint density at radius 2 is 1.94 bits per heavy atom. The van der Waals surface area contributed by atoms with Crippen molar-refractivity contribution in [1.82, 2.24) is 10.6 Å². The zero-order valence-electron chi connectivity index (χ0n) is 8.17.